The molecular weight excluding hydrogens is 196 g/mol. The molecule has 1 N–H and O–H groups in total. The second kappa shape index (κ2) is 3.98. The summed E-state index contributed by atoms with van der Waals surface area (Å²) in [6, 6.07) is 0. The van der Waals surface area contributed by atoms with Crippen LogP contribution in [-0.2, 0) is 17.9 Å². The minimum atomic E-state index is -0.748. The van der Waals surface area contributed by atoms with Crippen molar-refractivity contribution in [2.45, 2.75) is 20.0 Å². The molecule has 1 aliphatic rings. The molecule has 15 heavy (non-hydrogen) atoms. The van der Waals surface area contributed by atoms with E-state index in [-0.39, 0.29) is 5.92 Å². The van der Waals surface area contributed by atoms with Crippen molar-refractivity contribution in [3.63, 3.8) is 0 Å². The predicted molar refractivity (Wildman–Crippen MR) is 52.1 cm³/mol. The van der Waals surface area contributed by atoms with Crippen molar-refractivity contribution in [1.82, 2.24) is 19.7 Å². The number of hydrogen-bond acceptors (Lipinski definition) is 4. The van der Waals surface area contributed by atoms with Gasteiger partial charge in [-0.05, 0) is 0 Å². The molecule has 1 aromatic heterocycles. The molecule has 2 heterocycles. The van der Waals surface area contributed by atoms with E-state index in [1.165, 1.54) is 0 Å². The summed E-state index contributed by atoms with van der Waals surface area (Å²) in [6.45, 7) is 4.69. The van der Waals surface area contributed by atoms with Crippen LogP contribution in [0.1, 0.15) is 12.7 Å². The SMILES string of the molecule is CC(CN1CCn2cnnc2C1)C(=O)O. The van der Waals surface area contributed by atoms with Crippen molar-refractivity contribution >= 4 is 5.97 Å². The lowest BCUT2D eigenvalue weighted by molar-refractivity contribution is -0.141. The molecule has 1 aromatic rings. The van der Waals surface area contributed by atoms with Crippen molar-refractivity contribution < 1.29 is 9.90 Å². The fourth-order valence-corrected chi connectivity index (χ4v) is 1.74. The molecule has 0 saturated carbocycles. The third-order valence-electron chi connectivity index (χ3n) is 2.67. The molecule has 0 saturated heterocycles. The molecule has 1 aliphatic heterocycles. The van der Waals surface area contributed by atoms with Gasteiger partial charge in [-0.3, -0.25) is 9.69 Å². The molecule has 0 bridgehead atoms. The second-order valence-electron chi connectivity index (χ2n) is 3.91. The quantitative estimate of drug-likeness (QED) is 0.749. The van der Waals surface area contributed by atoms with E-state index in [2.05, 4.69) is 15.1 Å². The van der Waals surface area contributed by atoms with E-state index in [4.69, 9.17) is 5.11 Å². The van der Waals surface area contributed by atoms with E-state index in [1.807, 2.05) is 4.57 Å². The third-order valence-corrected chi connectivity index (χ3v) is 2.67. The van der Waals surface area contributed by atoms with Crippen LogP contribution in [0.5, 0.6) is 0 Å². The molecule has 0 aromatic carbocycles. The van der Waals surface area contributed by atoms with E-state index >= 15 is 0 Å². The van der Waals surface area contributed by atoms with Crippen molar-refractivity contribution in [2.24, 2.45) is 5.92 Å². The van der Waals surface area contributed by atoms with Crippen LogP contribution >= 0.6 is 0 Å². The normalized spacial score (nSPS) is 18.5. The predicted octanol–water partition coefficient (Wildman–Crippen LogP) is -0.186. The lowest BCUT2D eigenvalue weighted by atomic mass is 10.1. The summed E-state index contributed by atoms with van der Waals surface area (Å²) in [5, 5.41) is 16.6. The first-order valence-corrected chi connectivity index (χ1v) is 4.98. The molecule has 82 valence electrons. The number of fused-ring (bicyclic) bond motifs is 1. The maximum Gasteiger partial charge on any atom is 0.307 e. The van der Waals surface area contributed by atoms with Crippen LogP contribution in [-0.4, -0.2) is 43.8 Å². The standard InChI is InChI=1S/C9H14N4O2/c1-7(9(14)15)4-12-2-3-13-6-10-11-8(13)5-12/h6-7H,2-5H2,1H3,(H,14,15). The van der Waals surface area contributed by atoms with Crippen molar-refractivity contribution in [2.75, 3.05) is 13.1 Å². The lowest BCUT2D eigenvalue weighted by Gasteiger charge is -2.27. The Labute approximate surface area is 87.5 Å². The van der Waals surface area contributed by atoms with E-state index in [9.17, 15) is 4.79 Å². The van der Waals surface area contributed by atoms with E-state index in [1.54, 1.807) is 13.3 Å². The Morgan fingerprint density at radius 1 is 1.67 bits per heavy atom. The summed E-state index contributed by atoms with van der Waals surface area (Å²) < 4.78 is 2.00. The molecule has 6 heteroatoms. The lowest BCUT2D eigenvalue weighted by Crippen LogP contribution is -2.38. The average molecular weight is 210 g/mol. The van der Waals surface area contributed by atoms with E-state index < -0.39 is 5.97 Å². The minimum absolute atomic E-state index is 0.334. The Morgan fingerprint density at radius 3 is 3.20 bits per heavy atom. The Morgan fingerprint density at radius 2 is 2.47 bits per heavy atom. The number of hydrogen-bond donors (Lipinski definition) is 1. The Hall–Kier alpha value is -1.43. The smallest absolute Gasteiger partial charge is 0.307 e. The van der Waals surface area contributed by atoms with Crippen LogP contribution in [0.15, 0.2) is 6.33 Å². The van der Waals surface area contributed by atoms with Gasteiger partial charge in [0.05, 0.1) is 12.5 Å². The van der Waals surface area contributed by atoms with Crippen molar-refractivity contribution in [3.8, 4) is 0 Å². The van der Waals surface area contributed by atoms with Crippen LogP contribution < -0.4 is 0 Å². The highest BCUT2D eigenvalue weighted by Crippen LogP contribution is 2.11. The van der Waals surface area contributed by atoms with Crippen molar-refractivity contribution in [1.29, 1.82) is 0 Å². The van der Waals surface area contributed by atoms with Gasteiger partial charge < -0.3 is 9.67 Å². The van der Waals surface area contributed by atoms with Gasteiger partial charge >= 0.3 is 5.97 Å². The average Bonchev–Trinajstić information content (AvgIpc) is 2.64. The first-order chi connectivity index (χ1) is 7.16. The number of aliphatic carboxylic acids is 1. The zero-order chi connectivity index (χ0) is 10.8. The molecular formula is C9H14N4O2. The van der Waals surface area contributed by atoms with Crippen molar-refractivity contribution in [3.05, 3.63) is 12.2 Å². The fraction of sp³-hybridized carbons (Fsp3) is 0.667. The fourth-order valence-electron chi connectivity index (χ4n) is 1.74. The van der Waals surface area contributed by atoms with Gasteiger partial charge in [0.1, 0.15) is 12.2 Å². The zero-order valence-corrected chi connectivity index (χ0v) is 8.63. The molecule has 0 amide bonds. The Kier molecular flexibility index (Phi) is 2.68. The van der Waals surface area contributed by atoms with Crippen LogP contribution in [0.4, 0.5) is 0 Å². The zero-order valence-electron chi connectivity index (χ0n) is 8.63. The largest absolute Gasteiger partial charge is 0.481 e. The topological polar surface area (TPSA) is 71.2 Å². The molecule has 0 aliphatic carbocycles. The number of rotatable bonds is 3. The highest BCUT2D eigenvalue weighted by Gasteiger charge is 2.21. The molecule has 0 spiro atoms. The minimum Gasteiger partial charge on any atom is -0.481 e. The molecule has 6 nitrogen and oxygen atoms in total. The Balaban J connectivity index is 1.95. The highest BCUT2D eigenvalue weighted by atomic mass is 16.4. The maximum absolute atomic E-state index is 10.7. The number of carboxylic acid groups (broad SMARTS) is 1. The summed E-state index contributed by atoms with van der Waals surface area (Å²) >= 11 is 0. The summed E-state index contributed by atoms with van der Waals surface area (Å²) in [4.78, 5) is 12.8. The highest BCUT2D eigenvalue weighted by molar-refractivity contribution is 5.69. The molecule has 0 fully saturated rings. The monoisotopic (exact) mass is 210 g/mol. The van der Waals surface area contributed by atoms with Gasteiger partial charge in [-0.25, -0.2) is 0 Å². The molecule has 0 radical (unpaired) electrons. The van der Waals surface area contributed by atoms with Gasteiger partial charge in [-0.15, -0.1) is 10.2 Å². The van der Waals surface area contributed by atoms with E-state index in [0.717, 1.165) is 18.9 Å². The summed E-state index contributed by atoms with van der Waals surface area (Å²) in [5.41, 5.74) is 0. The van der Waals surface area contributed by atoms with Gasteiger partial charge in [0.15, 0.2) is 0 Å². The molecule has 1 atom stereocenters. The third kappa shape index (κ3) is 2.15. The summed E-state index contributed by atoms with van der Waals surface area (Å²) in [5.74, 6) is -0.166. The maximum atomic E-state index is 10.7. The van der Waals surface area contributed by atoms with Gasteiger partial charge in [0.25, 0.3) is 0 Å². The number of carbonyl (C=O) groups is 1. The van der Waals surface area contributed by atoms with Gasteiger partial charge in [-0.1, -0.05) is 6.92 Å². The van der Waals surface area contributed by atoms with Crippen LogP contribution in [0, 0.1) is 5.92 Å². The first-order valence-electron chi connectivity index (χ1n) is 4.98. The van der Waals surface area contributed by atoms with E-state index in [0.29, 0.717) is 13.1 Å². The Bertz CT molecular complexity index is 363. The number of aromatic nitrogens is 3. The summed E-state index contributed by atoms with van der Waals surface area (Å²) in [6.07, 6.45) is 1.72. The first kappa shape index (κ1) is 10.1. The number of carboxylic acids is 1. The molecule has 1 unspecified atom stereocenters. The van der Waals surface area contributed by atoms with Gasteiger partial charge in [-0.2, -0.15) is 0 Å². The van der Waals surface area contributed by atoms with Crippen LogP contribution in [0.3, 0.4) is 0 Å². The van der Waals surface area contributed by atoms with Gasteiger partial charge in [0.2, 0.25) is 0 Å². The second-order valence-corrected chi connectivity index (χ2v) is 3.91. The van der Waals surface area contributed by atoms with Crippen LogP contribution in [0.25, 0.3) is 0 Å². The summed E-state index contributed by atoms with van der Waals surface area (Å²) in [7, 11) is 0. The molecule has 2 rings (SSSR count). The van der Waals surface area contributed by atoms with Crippen LogP contribution in [0.2, 0.25) is 0 Å². The number of nitrogens with zero attached hydrogens (tertiary/aromatic N) is 4. The van der Waals surface area contributed by atoms with Gasteiger partial charge in [0, 0.05) is 19.6 Å².